The molecule has 0 unspecified atom stereocenters. The average Bonchev–Trinajstić information content (AvgIpc) is 2.47. The van der Waals surface area contributed by atoms with Crippen LogP contribution in [0, 0.1) is 11.3 Å². The first kappa shape index (κ1) is 15.3. The molecule has 0 aliphatic carbocycles. The van der Waals surface area contributed by atoms with Crippen molar-refractivity contribution in [1.29, 1.82) is 5.26 Å². The number of nitrogens with zero attached hydrogens (tertiary/aromatic N) is 1. The molecule has 0 aromatic heterocycles. The van der Waals surface area contributed by atoms with Gasteiger partial charge in [0.25, 0.3) is 0 Å². The van der Waals surface area contributed by atoms with E-state index in [4.69, 9.17) is 5.26 Å². The summed E-state index contributed by atoms with van der Waals surface area (Å²) in [6.07, 6.45) is 0. The Morgan fingerprint density at radius 2 is 1.86 bits per heavy atom. The van der Waals surface area contributed by atoms with Crippen LogP contribution in [0.5, 0.6) is 0 Å². The average molecular weight is 303 g/mol. The minimum atomic E-state index is -3.23. The van der Waals surface area contributed by atoms with E-state index in [1.807, 2.05) is 24.3 Å². The molecule has 0 fully saturated rings. The van der Waals surface area contributed by atoms with Crippen LogP contribution in [0.1, 0.15) is 12.5 Å². The van der Waals surface area contributed by atoms with Crippen molar-refractivity contribution in [2.24, 2.45) is 0 Å². The molecule has 0 saturated heterocycles. The Hall–Kier alpha value is -2.10. The molecule has 2 aromatic rings. The van der Waals surface area contributed by atoms with Crippen molar-refractivity contribution in [1.82, 2.24) is 4.72 Å². The number of hydrogen-bond donors (Lipinski definition) is 2. The SMILES string of the molecule is CCNS(=O)(=O)CCNc1ccc(C#N)c2ccccc12. The number of nitriles is 1. The van der Waals surface area contributed by atoms with E-state index in [0.717, 1.165) is 16.5 Å². The Morgan fingerprint density at radius 1 is 1.14 bits per heavy atom. The van der Waals surface area contributed by atoms with E-state index in [0.29, 0.717) is 18.7 Å². The summed E-state index contributed by atoms with van der Waals surface area (Å²) < 4.78 is 25.6. The number of hydrogen-bond acceptors (Lipinski definition) is 4. The van der Waals surface area contributed by atoms with Crippen LogP contribution < -0.4 is 10.0 Å². The summed E-state index contributed by atoms with van der Waals surface area (Å²) in [6, 6.07) is 13.3. The Balaban J connectivity index is 2.19. The second kappa shape index (κ2) is 6.57. The fourth-order valence-corrected chi connectivity index (χ4v) is 3.12. The molecule has 0 amide bonds. The molecular formula is C15H17N3O2S. The third kappa shape index (κ3) is 3.72. The van der Waals surface area contributed by atoms with Gasteiger partial charge in [0.15, 0.2) is 0 Å². The van der Waals surface area contributed by atoms with Gasteiger partial charge in [0.05, 0.1) is 17.4 Å². The van der Waals surface area contributed by atoms with Crippen molar-refractivity contribution in [2.75, 3.05) is 24.2 Å². The summed E-state index contributed by atoms with van der Waals surface area (Å²) in [4.78, 5) is 0. The Kier molecular flexibility index (Phi) is 4.78. The second-order valence-corrected chi connectivity index (χ2v) is 6.49. The summed E-state index contributed by atoms with van der Waals surface area (Å²) in [5.41, 5.74) is 1.44. The molecular weight excluding hydrogens is 286 g/mol. The lowest BCUT2D eigenvalue weighted by atomic mass is 10.0. The largest absolute Gasteiger partial charge is 0.383 e. The third-order valence-electron chi connectivity index (χ3n) is 3.10. The minimum Gasteiger partial charge on any atom is -0.383 e. The molecule has 2 aromatic carbocycles. The van der Waals surface area contributed by atoms with Gasteiger partial charge in [0.2, 0.25) is 10.0 Å². The van der Waals surface area contributed by atoms with E-state index >= 15 is 0 Å². The van der Waals surface area contributed by atoms with Crippen molar-refractivity contribution >= 4 is 26.5 Å². The highest BCUT2D eigenvalue weighted by Crippen LogP contribution is 2.26. The molecule has 0 radical (unpaired) electrons. The lowest BCUT2D eigenvalue weighted by molar-refractivity contribution is 0.584. The van der Waals surface area contributed by atoms with Crippen molar-refractivity contribution in [3.05, 3.63) is 42.0 Å². The summed E-state index contributed by atoms with van der Waals surface area (Å²) >= 11 is 0. The molecule has 2 rings (SSSR count). The highest BCUT2D eigenvalue weighted by molar-refractivity contribution is 7.89. The molecule has 0 aliphatic rings. The zero-order valence-electron chi connectivity index (χ0n) is 11.8. The first-order chi connectivity index (χ1) is 10.1. The molecule has 0 aliphatic heterocycles. The van der Waals surface area contributed by atoms with E-state index in [9.17, 15) is 8.42 Å². The van der Waals surface area contributed by atoms with Gasteiger partial charge in [-0.2, -0.15) is 5.26 Å². The lowest BCUT2D eigenvalue weighted by Crippen LogP contribution is -2.29. The predicted molar refractivity (Wildman–Crippen MR) is 84.6 cm³/mol. The van der Waals surface area contributed by atoms with Gasteiger partial charge in [0, 0.05) is 29.5 Å². The zero-order valence-corrected chi connectivity index (χ0v) is 12.6. The highest BCUT2D eigenvalue weighted by Gasteiger charge is 2.09. The molecule has 0 saturated carbocycles. The monoisotopic (exact) mass is 303 g/mol. The molecule has 110 valence electrons. The quantitative estimate of drug-likeness (QED) is 0.856. The highest BCUT2D eigenvalue weighted by atomic mass is 32.2. The summed E-state index contributed by atoms with van der Waals surface area (Å²) in [6.45, 7) is 2.45. The third-order valence-corrected chi connectivity index (χ3v) is 4.57. The summed E-state index contributed by atoms with van der Waals surface area (Å²) in [5.74, 6) is 0.00910. The number of benzene rings is 2. The normalized spacial score (nSPS) is 11.2. The van der Waals surface area contributed by atoms with Gasteiger partial charge in [-0.3, -0.25) is 0 Å². The zero-order chi connectivity index (χ0) is 15.3. The Bertz CT molecular complexity index is 779. The smallest absolute Gasteiger partial charge is 0.213 e. The van der Waals surface area contributed by atoms with Crippen LogP contribution in [0.25, 0.3) is 10.8 Å². The van der Waals surface area contributed by atoms with Gasteiger partial charge in [-0.05, 0) is 12.1 Å². The van der Waals surface area contributed by atoms with Crippen LogP contribution in [0.3, 0.4) is 0 Å². The number of nitrogens with one attached hydrogen (secondary N) is 2. The molecule has 0 bridgehead atoms. The van der Waals surface area contributed by atoms with E-state index in [2.05, 4.69) is 16.1 Å². The van der Waals surface area contributed by atoms with Gasteiger partial charge < -0.3 is 5.32 Å². The molecule has 2 N–H and O–H groups in total. The fourth-order valence-electron chi connectivity index (χ4n) is 2.16. The molecule has 21 heavy (non-hydrogen) atoms. The van der Waals surface area contributed by atoms with E-state index in [1.165, 1.54) is 0 Å². The minimum absolute atomic E-state index is 0.00910. The molecule has 5 nitrogen and oxygen atoms in total. The predicted octanol–water partition coefficient (Wildman–Crippen LogP) is 2.06. The number of fused-ring (bicyclic) bond motifs is 1. The summed E-state index contributed by atoms with van der Waals surface area (Å²) in [7, 11) is -3.23. The number of sulfonamides is 1. The molecule has 0 atom stereocenters. The van der Waals surface area contributed by atoms with E-state index in [1.54, 1.807) is 19.1 Å². The maximum Gasteiger partial charge on any atom is 0.213 e. The standard InChI is InChI=1S/C15H17N3O2S/c1-2-18-21(19,20)10-9-17-15-8-7-12(11-16)13-5-3-4-6-14(13)15/h3-8,17-18H,2,9-10H2,1H3. The van der Waals surface area contributed by atoms with E-state index in [-0.39, 0.29) is 5.75 Å². The molecule has 0 heterocycles. The summed E-state index contributed by atoms with van der Waals surface area (Å²) in [5, 5.41) is 14.0. The van der Waals surface area contributed by atoms with Crippen LogP contribution in [-0.4, -0.2) is 27.3 Å². The first-order valence-electron chi connectivity index (χ1n) is 6.70. The van der Waals surface area contributed by atoms with Crippen LogP contribution in [0.4, 0.5) is 5.69 Å². The maximum absolute atomic E-state index is 11.6. The van der Waals surface area contributed by atoms with Crippen LogP contribution in [0.15, 0.2) is 36.4 Å². The van der Waals surface area contributed by atoms with Crippen molar-refractivity contribution in [3.63, 3.8) is 0 Å². The molecule has 0 spiro atoms. The van der Waals surface area contributed by atoms with E-state index < -0.39 is 10.0 Å². The van der Waals surface area contributed by atoms with Gasteiger partial charge in [-0.15, -0.1) is 0 Å². The Morgan fingerprint density at radius 3 is 2.52 bits per heavy atom. The van der Waals surface area contributed by atoms with Crippen LogP contribution in [-0.2, 0) is 10.0 Å². The maximum atomic E-state index is 11.6. The lowest BCUT2D eigenvalue weighted by Gasteiger charge is -2.11. The van der Waals surface area contributed by atoms with Crippen molar-refractivity contribution < 1.29 is 8.42 Å². The van der Waals surface area contributed by atoms with Gasteiger partial charge >= 0.3 is 0 Å². The number of anilines is 1. The second-order valence-electron chi connectivity index (χ2n) is 4.56. The van der Waals surface area contributed by atoms with Gasteiger partial charge in [-0.1, -0.05) is 31.2 Å². The van der Waals surface area contributed by atoms with Crippen LogP contribution >= 0.6 is 0 Å². The van der Waals surface area contributed by atoms with Crippen molar-refractivity contribution in [2.45, 2.75) is 6.92 Å². The van der Waals surface area contributed by atoms with Crippen molar-refractivity contribution in [3.8, 4) is 6.07 Å². The fraction of sp³-hybridized carbons (Fsp3) is 0.267. The van der Waals surface area contributed by atoms with Gasteiger partial charge in [-0.25, -0.2) is 13.1 Å². The topological polar surface area (TPSA) is 82.0 Å². The molecule has 6 heteroatoms. The van der Waals surface area contributed by atoms with Crippen LogP contribution in [0.2, 0.25) is 0 Å². The first-order valence-corrected chi connectivity index (χ1v) is 8.35. The van der Waals surface area contributed by atoms with Gasteiger partial charge in [0.1, 0.15) is 0 Å². The Labute approximate surface area is 124 Å². The number of rotatable bonds is 6.